The van der Waals surface area contributed by atoms with Crippen molar-refractivity contribution in [1.29, 1.82) is 0 Å². The van der Waals surface area contributed by atoms with Gasteiger partial charge in [-0.3, -0.25) is 4.79 Å². The Morgan fingerprint density at radius 2 is 2.06 bits per heavy atom. The molecular formula is C13H25NO2. The average Bonchev–Trinajstić information content (AvgIpc) is 2.28. The summed E-state index contributed by atoms with van der Waals surface area (Å²) in [4.78, 5) is 11.6. The minimum atomic E-state index is 0.129. The van der Waals surface area contributed by atoms with Gasteiger partial charge in [0.1, 0.15) is 0 Å². The monoisotopic (exact) mass is 227 g/mol. The van der Waals surface area contributed by atoms with Gasteiger partial charge >= 0.3 is 0 Å². The first kappa shape index (κ1) is 13.5. The van der Waals surface area contributed by atoms with Crippen LogP contribution in [-0.2, 0) is 9.53 Å². The fourth-order valence-corrected chi connectivity index (χ4v) is 2.45. The molecule has 0 bridgehead atoms. The van der Waals surface area contributed by atoms with Crippen molar-refractivity contribution in [3.8, 4) is 0 Å². The number of nitrogens with one attached hydrogen (secondary N) is 1. The summed E-state index contributed by atoms with van der Waals surface area (Å²) in [5.41, 5.74) is 0. The molecule has 0 heterocycles. The van der Waals surface area contributed by atoms with E-state index < -0.39 is 0 Å². The number of hydrogen-bond acceptors (Lipinski definition) is 2. The molecular weight excluding hydrogens is 202 g/mol. The van der Waals surface area contributed by atoms with Gasteiger partial charge in [-0.25, -0.2) is 0 Å². The molecule has 1 aliphatic carbocycles. The molecule has 1 amide bonds. The van der Waals surface area contributed by atoms with Gasteiger partial charge in [0.05, 0.1) is 6.61 Å². The highest BCUT2D eigenvalue weighted by Gasteiger charge is 2.15. The maximum atomic E-state index is 11.6. The van der Waals surface area contributed by atoms with Crippen molar-refractivity contribution in [1.82, 2.24) is 5.32 Å². The van der Waals surface area contributed by atoms with Crippen LogP contribution in [0.1, 0.15) is 51.9 Å². The molecule has 0 aromatic heterocycles. The zero-order chi connectivity index (χ0) is 11.8. The van der Waals surface area contributed by atoms with Crippen molar-refractivity contribution in [2.75, 3.05) is 13.7 Å². The largest absolute Gasteiger partial charge is 0.383 e. The van der Waals surface area contributed by atoms with Crippen molar-refractivity contribution in [3.05, 3.63) is 0 Å². The van der Waals surface area contributed by atoms with Crippen LogP contribution in [0.3, 0.4) is 0 Å². The average molecular weight is 227 g/mol. The highest BCUT2D eigenvalue weighted by atomic mass is 16.5. The second kappa shape index (κ2) is 7.66. The van der Waals surface area contributed by atoms with Crippen LogP contribution in [0.25, 0.3) is 0 Å². The third-order valence-corrected chi connectivity index (χ3v) is 3.33. The number of carbonyl (C=O) groups is 1. The predicted molar refractivity (Wildman–Crippen MR) is 65.3 cm³/mol. The number of ether oxygens (including phenoxy) is 1. The lowest BCUT2D eigenvalue weighted by atomic mass is 9.86. The summed E-state index contributed by atoms with van der Waals surface area (Å²) >= 11 is 0. The highest BCUT2D eigenvalue weighted by Crippen LogP contribution is 2.27. The van der Waals surface area contributed by atoms with Gasteiger partial charge in [-0.05, 0) is 19.3 Å². The summed E-state index contributed by atoms with van der Waals surface area (Å²) in [5, 5.41) is 2.96. The van der Waals surface area contributed by atoms with Crippen LogP contribution >= 0.6 is 0 Å². The van der Waals surface area contributed by atoms with Crippen LogP contribution in [0.2, 0.25) is 0 Å². The number of rotatable bonds is 6. The Morgan fingerprint density at radius 1 is 1.38 bits per heavy atom. The lowest BCUT2D eigenvalue weighted by molar-refractivity contribution is -0.122. The molecule has 0 aromatic carbocycles. The van der Waals surface area contributed by atoms with Crippen LogP contribution in [0.4, 0.5) is 0 Å². The molecule has 1 rings (SSSR count). The summed E-state index contributed by atoms with van der Waals surface area (Å²) in [7, 11) is 1.66. The summed E-state index contributed by atoms with van der Waals surface area (Å²) in [6.07, 6.45) is 8.47. The number of methoxy groups -OCH3 is 1. The number of amides is 1. The molecule has 0 unspecified atom stereocenters. The topological polar surface area (TPSA) is 38.3 Å². The molecule has 1 N–H and O–H groups in total. The van der Waals surface area contributed by atoms with E-state index in [1.165, 1.54) is 32.1 Å². The number of hydrogen-bond donors (Lipinski definition) is 1. The van der Waals surface area contributed by atoms with Gasteiger partial charge in [-0.2, -0.15) is 0 Å². The molecule has 3 heteroatoms. The Hall–Kier alpha value is -0.570. The van der Waals surface area contributed by atoms with Crippen LogP contribution in [0, 0.1) is 5.92 Å². The maximum absolute atomic E-state index is 11.6. The third-order valence-electron chi connectivity index (χ3n) is 3.33. The third kappa shape index (κ3) is 5.50. The van der Waals surface area contributed by atoms with Crippen molar-refractivity contribution in [3.63, 3.8) is 0 Å². The second-order valence-corrected chi connectivity index (χ2v) is 4.97. The number of carbonyl (C=O) groups excluding carboxylic acids is 1. The van der Waals surface area contributed by atoms with Gasteiger partial charge in [0.25, 0.3) is 0 Å². The van der Waals surface area contributed by atoms with E-state index in [0.29, 0.717) is 13.0 Å². The Balaban J connectivity index is 2.09. The standard InChI is InChI=1S/C13H25NO2/c1-11(10-16-2)14-13(15)9-8-12-6-4-3-5-7-12/h11-12H,3-10H2,1-2H3,(H,14,15)/t11-/m0/s1. The molecule has 1 aliphatic rings. The van der Waals surface area contributed by atoms with Crippen molar-refractivity contribution >= 4 is 5.91 Å². The van der Waals surface area contributed by atoms with Gasteiger partial charge < -0.3 is 10.1 Å². The van der Waals surface area contributed by atoms with Gasteiger partial charge in [-0.1, -0.05) is 32.1 Å². The van der Waals surface area contributed by atoms with Crippen molar-refractivity contribution < 1.29 is 9.53 Å². The molecule has 0 aromatic rings. The normalized spacial score (nSPS) is 19.4. The van der Waals surface area contributed by atoms with E-state index >= 15 is 0 Å². The Kier molecular flexibility index (Phi) is 6.46. The maximum Gasteiger partial charge on any atom is 0.220 e. The first-order chi connectivity index (χ1) is 7.72. The van der Waals surface area contributed by atoms with E-state index in [0.717, 1.165) is 12.3 Å². The summed E-state index contributed by atoms with van der Waals surface area (Å²) in [6.45, 7) is 2.57. The molecule has 0 spiro atoms. The molecule has 0 saturated heterocycles. The van der Waals surface area contributed by atoms with Crippen LogP contribution in [0.5, 0.6) is 0 Å². The molecule has 1 fully saturated rings. The van der Waals surface area contributed by atoms with E-state index in [1.807, 2.05) is 6.92 Å². The van der Waals surface area contributed by atoms with E-state index in [9.17, 15) is 4.79 Å². The Morgan fingerprint density at radius 3 is 2.69 bits per heavy atom. The quantitative estimate of drug-likeness (QED) is 0.757. The molecule has 0 aliphatic heterocycles. The second-order valence-electron chi connectivity index (χ2n) is 4.97. The molecule has 3 nitrogen and oxygen atoms in total. The van der Waals surface area contributed by atoms with Gasteiger partial charge in [-0.15, -0.1) is 0 Å². The highest BCUT2D eigenvalue weighted by molar-refractivity contribution is 5.76. The van der Waals surface area contributed by atoms with Crippen molar-refractivity contribution in [2.24, 2.45) is 5.92 Å². The lowest BCUT2D eigenvalue weighted by Gasteiger charge is -2.21. The molecule has 1 atom stereocenters. The van der Waals surface area contributed by atoms with Crippen molar-refractivity contribution in [2.45, 2.75) is 57.9 Å². The van der Waals surface area contributed by atoms with Gasteiger partial charge in [0.15, 0.2) is 0 Å². The Labute approximate surface area is 98.9 Å². The zero-order valence-electron chi connectivity index (χ0n) is 10.6. The summed E-state index contributed by atoms with van der Waals surface area (Å²) in [6, 6.07) is 0.129. The Bertz CT molecular complexity index is 200. The fourth-order valence-electron chi connectivity index (χ4n) is 2.45. The predicted octanol–water partition coefficient (Wildman–Crippen LogP) is 2.50. The van der Waals surface area contributed by atoms with Gasteiger partial charge in [0, 0.05) is 19.6 Å². The first-order valence-corrected chi connectivity index (χ1v) is 6.50. The van der Waals surface area contributed by atoms with E-state index in [2.05, 4.69) is 5.32 Å². The van der Waals surface area contributed by atoms with E-state index in [-0.39, 0.29) is 11.9 Å². The van der Waals surface area contributed by atoms with E-state index in [1.54, 1.807) is 7.11 Å². The summed E-state index contributed by atoms with van der Waals surface area (Å²) in [5.74, 6) is 0.965. The lowest BCUT2D eigenvalue weighted by Crippen LogP contribution is -2.35. The molecule has 0 radical (unpaired) electrons. The first-order valence-electron chi connectivity index (χ1n) is 6.50. The SMILES string of the molecule is COC[C@H](C)NC(=O)CCC1CCCCC1. The van der Waals surface area contributed by atoms with E-state index in [4.69, 9.17) is 4.74 Å². The molecule has 16 heavy (non-hydrogen) atoms. The zero-order valence-corrected chi connectivity index (χ0v) is 10.6. The molecule has 94 valence electrons. The smallest absolute Gasteiger partial charge is 0.220 e. The van der Waals surface area contributed by atoms with Crippen LogP contribution in [0.15, 0.2) is 0 Å². The van der Waals surface area contributed by atoms with Gasteiger partial charge in [0.2, 0.25) is 5.91 Å². The fraction of sp³-hybridized carbons (Fsp3) is 0.923. The minimum Gasteiger partial charge on any atom is -0.383 e. The van der Waals surface area contributed by atoms with Crippen LogP contribution < -0.4 is 5.32 Å². The molecule has 1 saturated carbocycles. The van der Waals surface area contributed by atoms with Crippen LogP contribution in [-0.4, -0.2) is 25.7 Å². The summed E-state index contributed by atoms with van der Waals surface area (Å²) < 4.78 is 4.98. The minimum absolute atomic E-state index is 0.129.